The minimum atomic E-state index is -0.333. The summed E-state index contributed by atoms with van der Waals surface area (Å²) in [4.78, 5) is 15.3. The topological polar surface area (TPSA) is 65.0 Å². The van der Waals surface area contributed by atoms with Crippen molar-refractivity contribution in [2.24, 2.45) is 46.3 Å². The Morgan fingerprint density at radius 2 is 1.56 bits per heavy atom. The zero-order valence-electron chi connectivity index (χ0n) is 24.6. The van der Waals surface area contributed by atoms with Gasteiger partial charge in [0, 0.05) is 0 Å². The third-order valence-electron chi connectivity index (χ3n) is 10.5. The molecule has 0 amide bonds. The van der Waals surface area contributed by atoms with Crippen LogP contribution in [0.2, 0.25) is 0 Å². The number of aliphatic hydroxyl groups excluding tert-OH is 1. The SMILES string of the molecule is CC.CC.COC(=O)C(CO)CCC1CCC2C3CCC4CCCCC4(C)C3CCC12C.COOF. The van der Waals surface area contributed by atoms with Crippen LogP contribution in [-0.2, 0) is 19.5 Å². The molecule has 0 heterocycles. The molecule has 0 radical (unpaired) electrons. The largest absolute Gasteiger partial charge is 0.469 e. The fourth-order valence-electron chi connectivity index (χ4n) is 8.73. The molecule has 6 heteroatoms. The summed E-state index contributed by atoms with van der Waals surface area (Å²) in [6.07, 6.45) is 16.2. The molecule has 5 nitrogen and oxygen atoms in total. The molecule has 4 aliphatic rings. The number of rotatable bonds is 6. The Labute approximate surface area is 221 Å². The van der Waals surface area contributed by atoms with Crippen molar-refractivity contribution in [1.29, 1.82) is 0 Å². The highest BCUT2D eigenvalue weighted by molar-refractivity contribution is 5.72. The smallest absolute Gasteiger partial charge is 0.310 e. The van der Waals surface area contributed by atoms with Gasteiger partial charge in [-0.15, -0.1) is 0 Å². The molecule has 8 atom stereocenters. The zero-order valence-corrected chi connectivity index (χ0v) is 24.6. The summed E-state index contributed by atoms with van der Waals surface area (Å²) in [5.41, 5.74) is 1.07. The van der Waals surface area contributed by atoms with Crippen LogP contribution >= 0.6 is 0 Å². The number of hydrogen-bond acceptors (Lipinski definition) is 5. The second-order valence-electron chi connectivity index (χ2n) is 11.4. The molecule has 0 aromatic heterocycles. The molecule has 36 heavy (non-hydrogen) atoms. The Balaban J connectivity index is 0.000000725. The van der Waals surface area contributed by atoms with Crippen LogP contribution in [-0.4, -0.2) is 31.9 Å². The Hall–Kier alpha value is -0.720. The maximum atomic E-state index is 11.9. The Kier molecular flexibility index (Phi) is 15.1. The van der Waals surface area contributed by atoms with Crippen molar-refractivity contribution in [3.63, 3.8) is 0 Å². The molecule has 0 spiro atoms. The van der Waals surface area contributed by atoms with Crippen molar-refractivity contribution < 1.29 is 29.1 Å². The highest BCUT2D eigenvalue weighted by Gasteiger charge is 2.59. The maximum Gasteiger partial charge on any atom is 0.310 e. The molecule has 0 aromatic carbocycles. The Morgan fingerprint density at radius 3 is 2.14 bits per heavy atom. The summed E-state index contributed by atoms with van der Waals surface area (Å²) >= 11 is 0. The summed E-state index contributed by atoms with van der Waals surface area (Å²) in [5.74, 6) is 3.93. The van der Waals surface area contributed by atoms with Crippen LogP contribution in [0.15, 0.2) is 0 Å². The average molecular weight is 517 g/mol. The van der Waals surface area contributed by atoms with Gasteiger partial charge in [-0.05, 0) is 114 Å². The minimum absolute atomic E-state index is 0.0794. The van der Waals surface area contributed by atoms with Crippen molar-refractivity contribution in [3.8, 4) is 0 Å². The van der Waals surface area contributed by atoms with Crippen LogP contribution in [0.3, 0.4) is 0 Å². The lowest BCUT2D eigenvalue weighted by Gasteiger charge is -2.60. The standard InChI is InChI=1S/C25H42O3.2C2H6.CH3FO2/c1-24-14-5-4-6-18(24)9-11-20-21-12-10-19(25(21,2)15-13-22(20)24)8-7-17(16-26)23(27)28-3;2*1-2;1-3-4-2/h17-22,26H,4-16H2,1-3H3;2*1-2H3;1H3. The van der Waals surface area contributed by atoms with Crippen molar-refractivity contribution in [2.45, 2.75) is 119 Å². The van der Waals surface area contributed by atoms with Gasteiger partial charge in [-0.25, -0.2) is 4.89 Å². The maximum absolute atomic E-state index is 11.9. The number of ether oxygens (including phenoxy) is 1. The van der Waals surface area contributed by atoms with E-state index < -0.39 is 0 Å². The number of carbonyl (C=O) groups excluding carboxylic acids is 1. The highest BCUT2D eigenvalue weighted by Crippen LogP contribution is 2.67. The Bertz CT molecular complexity index is 614. The number of halogens is 1. The van der Waals surface area contributed by atoms with Gasteiger partial charge >= 0.3 is 5.97 Å². The molecular formula is C30H57FO5. The van der Waals surface area contributed by atoms with Crippen LogP contribution in [0.25, 0.3) is 0 Å². The summed E-state index contributed by atoms with van der Waals surface area (Å²) in [6.45, 7) is 13.2. The summed E-state index contributed by atoms with van der Waals surface area (Å²) in [6, 6.07) is 0. The highest BCUT2D eigenvalue weighted by atomic mass is 19.3. The van der Waals surface area contributed by atoms with Crippen molar-refractivity contribution in [3.05, 3.63) is 0 Å². The lowest BCUT2D eigenvalue weighted by atomic mass is 9.45. The molecular weight excluding hydrogens is 459 g/mol. The summed E-state index contributed by atoms with van der Waals surface area (Å²) in [7, 11) is 2.52. The number of carbonyl (C=O) groups is 1. The van der Waals surface area contributed by atoms with Gasteiger partial charge in [-0.1, -0.05) is 54.4 Å². The van der Waals surface area contributed by atoms with E-state index in [2.05, 4.69) is 23.8 Å². The van der Waals surface area contributed by atoms with Gasteiger partial charge in [0.25, 0.3) is 0 Å². The lowest BCUT2D eigenvalue weighted by Crippen LogP contribution is -2.52. The van der Waals surface area contributed by atoms with E-state index in [1.165, 1.54) is 71.3 Å². The zero-order chi connectivity index (χ0) is 27.4. The predicted octanol–water partition coefficient (Wildman–Crippen LogP) is 8.10. The second-order valence-corrected chi connectivity index (χ2v) is 11.4. The fourth-order valence-corrected chi connectivity index (χ4v) is 8.73. The first-order chi connectivity index (χ1) is 17.4. The number of fused-ring (bicyclic) bond motifs is 5. The van der Waals surface area contributed by atoms with Crippen LogP contribution in [0, 0.1) is 46.3 Å². The Morgan fingerprint density at radius 1 is 0.917 bits per heavy atom. The van der Waals surface area contributed by atoms with Gasteiger partial charge < -0.3 is 9.84 Å². The van der Waals surface area contributed by atoms with E-state index in [0.29, 0.717) is 16.7 Å². The molecule has 4 fully saturated rings. The van der Waals surface area contributed by atoms with E-state index in [4.69, 9.17) is 4.74 Å². The minimum Gasteiger partial charge on any atom is -0.469 e. The number of aliphatic hydroxyl groups is 1. The first-order valence-corrected chi connectivity index (χ1v) is 14.9. The molecule has 0 saturated heterocycles. The monoisotopic (exact) mass is 516 g/mol. The van der Waals surface area contributed by atoms with Crippen LogP contribution in [0.5, 0.6) is 0 Å². The molecule has 4 saturated carbocycles. The van der Waals surface area contributed by atoms with E-state index in [0.717, 1.165) is 43.6 Å². The van der Waals surface area contributed by atoms with Gasteiger partial charge in [-0.2, -0.15) is 0 Å². The van der Waals surface area contributed by atoms with E-state index in [9.17, 15) is 14.4 Å². The summed E-state index contributed by atoms with van der Waals surface area (Å²) < 4.78 is 14.9. The van der Waals surface area contributed by atoms with Gasteiger partial charge in [0.1, 0.15) is 0 Å². The third kappa shape index (κ3) is 7.22. The van der Waals surface area contributed by atoms with E-state index in [1.807, 2.05) is 27.7 Å². The molecule has 214 valence electrons. The molecule has 0 bridgehead atoms. The quantitative estimate of drug-likeness (QED) is 0.219. The van der Waals surface area contributed by atoms with E-state index >= 15 is 0 Å². The summed E-state index contributed by atoms with van der Waals surface area (Å²) in [5, 5.41) is 12.1. The van der Waals surface area contributed by atoms with Crippen molar-refractivity contribution in [1.82, 2.24) is 0 Å². The van der Waals surface area contributed by atoms with Gasteiger partial charge in [0.2, 0.25) is 0 Å². The van der Waals surface area contributed by atoms with Crippen LogP contribution in [0.4, 0.5) is 4.53 Å². The van der Waals surface area contributed by atoms with Crippen LogP contribution in [0.1, 0.15) is 119 Å². The number of hydrogen-bond donors (Lipinski definition) is 1. The molecule has 8 unspecified atom stereocenters. The van der Waals surface area contributed by atoms with E-state index in [1.54, 1.807) is 0 Å². The van der Waals surface area contributed by atoms with Crippen LogP contribution < -0.4 is 0 Å². The predicted molar refractivity (Wildman–Crippen MR) is 144 cm³/mol. The molecule has 1 N–H and O–H groups in total. The third-order valence-corrected chi connectivity index (χ3v) is 10.5. The van der Waals surface area contributed by atoms with E-state index in [-0.39, 0.29) is 18.5 Å². The number of esters is 1. The normalized spacial score (nSPS) is 37.1. The van der Waals surface area contributed by atoms with Crippen molar-refractivity contribution >= 4 is 5.97 Å². The fraction of sp³-hybridized carbons (Fsp3) is 0.967. The molecule has 0 aromatic rings. The first kappa shape index (κ1) is 33.3. The number of methoxy groups -OCH3 is 1. The second kappa shape index (κ2) is 16.3. The first-order valence-electron chi connectivity index (χ1n) is 14.9. The molecule has 0 aliphatic heterocycles. The lowest BCUT2D eigenvalue weighted by molar-refractivity contribution is -0.415. The van der Waals surface area contributed by atoms with Gasteiger partial charge in [0.15, 0.2) is 0 Å². The van der Waals surface area contributed by atoms with Crippen molar-refractivity contribution in [2.75, 3.05) is 20.8 Å². The van der Waals surface area contributed by atoms with Gasteiger partial charge in [0.05, 0.1) is 26.7 Å². The molecule has 4 aliphatic carbocycles. The molecule has 4 rings (SSSR count). The average Bonchev–Trinajstić information content (AvgIpc) is 3.27. The van der Waals surface area contributed by atoms with Gasteiger partial charge in [-0.3, -0.25) is 4.79 Å².